The zero-order chi connectivity index (χ0) is 14.3. The van der Waals surface area contributed by atoms with Crippen molar-refractivity contribution in [2.75, 3.05) is 11.6 Å². The molecule has 4 nitrogen and oxygen atoms in total. The van der Waals surface area contributed by atoms with E-state index < -0.39 is 0 Å². The quantitative estimate of drug-likeness (QED) is 0.827. The van der Waals surface area contributed by atoms with E-state index in [1.165, 1.54) is 23.6 Å². The van der Waals surface area contributed by atoms with E-state index in [2.05, 4.69) is 4.98 Å². The van der Waals surface area contributed by atoms with E-state index in [0.717, 1.165) is 18.7 Å². The van der Waals surface area contributed by atoms with Crippen LogP contribution in [0.5, 0.6) is 0 Å². The van der Waals surface area contributed by atoms with Crippen LogP contribution in [0.3, 0.4) is 0 Å². The van der Waals surface area contributed by atoms with Crippen molar-refractivity contribution in [1.29, 1.82) is 0 Å². The lowest BCUT2D eigenvalue weighted by molar-refractivity contribution is 0.619. The Morgan fingerprint density at radius 2 is 2.00 bits per heavy atom. The second-order valence-corrected chi connectivity index (χ2v) is 5.52. The molecule has 0 bridgehead atoms. The summed E-state index contributed by atoms with van der Waals surface area (Å²) in [7, 11) is 0. The van der Waals surface area contributed by atoms with Gasteiger partial charge in [-0.1, -0.05) is 25.0 Å². The minimum absolute atomic E-state index is 0.254. The maximum Gasteiger partial charge on any atom is 0.150 e. The Morgan fingerprint density at radius 3 is 2.65 bits per heavy atom. The number of anilines is 1. The van der Waals surface area contributed by atoms with Crippen LogP contribution in [0.2, 0.25) is 0 Å². The summed E-state index contributed by atoms with van der Waals surface area (Å²) in [4.78, 5) is 4.58. The Kier molecular flexibility index (Phi) is 3.12. The minimum Gasteiger partial charge on any atom is -0.382 e. The topological polar surface area (TPSA) is 69.9 Å². The molecule has 1 heterocycles. The highest BCUT2D eigenvalue weighted by atomic mass is 19.1. The number of aromatic nitrogens is 2. The second kappa shape index (κ2) is 4.81. The van der Waals surface area contributed by atoms with E-state index in [9.17, 15) is 4.39 Å². The van der Waals surface area contributed by atoms with Crippen molar-refractivity contribution in [3.05, 3.63) is 35.4 Å². The average molecular weight is 274 g/mol. The number of nitrogens with zero attached hydrogens (tertiary/aromatic N) is 2. The van der Waals surface area contributed by atoms with E-state index in [1.807, 2.05) is 6.07 Å². The van der Waals surface area contributed by atoms with Gasteiger partial charge in [0.05, 0.1) is 0 Å². The van der Waals surface area contributed by atoms with Crippen LogP contribution in [-0.4, -0.2) is 9.66 Å². The fraction of sp³-hybridized carbons (Fsp3) is 0.400. The van der Waals surface area contributed by atoms with Crippen molar-refractivity contribution < 1.29 is 4.39 Å². The van der Waals surface area contributed by atoms with Crippen molar-refractivity contribution in [3.63, 3.8) is 0 Å². The van der Waals surface area contributed by atoms with E-state index in [-0.39, 0.29) is 5.82 Å². The van der Waals surface area contributed by atoms with Gasteiger partial charge < -0.3 is 11.6 Å². The molecule has 106 valence electrons. The van der Waals surface area contributed by atoms with E-state index in [4.69, 9.17) is 11.6 Å². The molecule has 1 saturated carbocycles. The van der Waals surface area contributed by atoms with Gasteiger partial charge in [-0.3, -0.25) is 0 Å². The van der Waals surface area contributed by atoms with Crippen LogP contribution < -0.4 is 11.6 Å². The number of nitrogens with two attached hydrogens (primary N) is 2. The number of imidazole rings is 1. The number of halogens is 1. The third-order valence-corrected chi connectivity index (χ3v) is 4.14. The Labute approximate surface area is 117 Å². The fourth-order valence-corrected chi connectivity index (χ4v) is 2.89. The van der Waals surface area contributed by atoms with Crippen LogP contribution in [0.25, 0.3) is 11.3 Å². The van der Waals surface area contributed by atoms with E-state index in [0.29, 0.717) is 28.6 Å². The molecular formula is C15H19FN4. The smallest absolute Gasteiger partial charge is 0.150 e. The minimum atomic E-state index is -0.254. The number of hydrogen-bond acceptors (Lipinski definition) is 3. The Hall–Kier alpha value is -2.04. The molecule has 5 heteroatoms. The molecule has 20 heavy (non-hydrogen) atoms. The van der Waals surface area contributed by atoms with Crippen LogP contribution in [0.15, 0.2) is 18.2 Å². The average Bonchev–Trinajstić information content (AvgIpc) is 3.04. The second-order valence-electron chi connectivity index (χ2n) is 5.52. The van der Waals surface area contributed by atoms with Gasteiger partial charge in [0.25, 0.3) is 0 Å². The fourth-order valence-electron chi connectivity index (χ4n) is 2.89. The first-order chi connectivity index (χ1) is 9.58. The van der Waals surface area contributed by atoms with Gasteiger partial charge in [-0.05, 0) is 31.4 Å². The van der Waals surface area contributed by atoms with Crippen molar-refractivity contribution in [2.24, 2.45) is 0 Å². The van der Waals surface area contributed by atoms with Crippen molar-refractivity contribution in [3.8, 4) is 11.3 Å². The third-order valence-electron chi connectivity index (χ3n) is 4.14. The molecule has 1 aromatic carbocycles. The molecule has 0 spiro atoms. The summed E-state index contributed by atoms with van der Waals surface area (Å²) in [6.07, 6.45) is 4.59. The van der Waals surface area contributed by atoms with Gasteiger partial charge in [-0.25, -0.2) is 14.1 Å². The van der Waals surface area contributed by atoms with Gasteiger partial charge in [0, 0.05) is 11.5 Å². The highest BCUT2D eigenvalue weighted by Crippen LogP contribution is 2.36. The first-order valence-electron chi connectivity index (χ1n) is 6.97. The normalized spacial score (nSPS) is 15.9. The predicted octanol–water partition coefficient (Wildman–Crippen LogP) is 2.95. The summed E-state index contributed by atoms with van der Waals surface area (Å²) in [6.45, 7) is 1.73. The number of rotatable bonds is 2. The van der Waals surface area contributed by atoms with Crippen molar-refractivity contribution >= 4 is 5.82 Å². The first-order valence-corrected chi connectivity index (χ1v) is 6.97. The molecule has 2 aromatic rings. The lowest BCUT2D eigenvalue weighted by atomic mass is 10.1. The molecule has 0 aliphatic heterocycles. The highest BCUT2D eigenvalue weighted by Gasteiger charge is 2.25. The molecular weight excluding hydrogens is 255 g/mol. The summed E-state index contributed by atoms with van der Waals surface area (Å²) < 4.78 is 15.2. The molecule has 1 fully saturated rings. The molecule has 3 rings (SSSR count). The van der Waals surface area contributed by atoms with E-state index in [1.54, 1.807) is 13.0 Å². The summed E-state index contributed by atoms with van der Waals surface area (Å²) in [5.41, 5.74) is 7.90. The van der Waals surface area contributed by atoms with Gasteiger partial charge in [0.15, 0.2) is 5.82 Å². The standard InChI is InChI=1S/C15H19FN4/c1-9-6-7-11(8-12(9)16)13-14(17)20(18)15(19-13)10-4-2-3-5-10/h6-8,10H,2-5,17-18H2,1H3. The van der Waals surface area contributed by atoms with Crippen molar-refractivity contribution in [2.45, 2.75) is 38.5 Å². The van der Waals surface area contributed by atoms with Gasteiger partial charge in [0.1, 0.15) is 17.3 Å². The van der Waals surface area contributed by atoms with Crippen LogP contribution in [0, 0.1) is 12.7 Å². The molecule has 0 atom stereocenters. The molecule has 1 aromatic heterocycles. The zero-order valence-corrected chi connectivity index (χ0v) is 11.6. The Morgan fingerprint density at radius 1 is 1.30 bits per heavy atom. The number of aryl methyl sites for hydroxylation is 1. The third kappa shape index (κ3) is 2.03. The molecule has 0 saturated heterocycles. The molecule has 1 aliphatic rings. The molecule has 0 amide bonds. The summed E-state index contributed by atoms with van der Waals surface area (Å²) >= 11 is 0. The number of hydrogen-bond donors (Lipinski definition) is 2. The monoisotopic (exact) mass is 274 g/mol. The maximum absolute atomic E-state index is 13.7. The Bertz CT molecular complexity index is 642. The van der Waals surface area contributed by atoms with Gasteiger partial charge in [0.2, 0.25) is 0 Å². The summed E-state index contributed by atoms with van der Waals surface area (Å²) in [5.74, 6) is 7.35. The SMILES string of the molecule is Cc1ccc(-c2nc(C3CCCC3)n(N)c2N)cc1F. The number of nitrogen functional groups attached to an aromatic ring is 2. The molecule has 0 radical (unpaired) electrons. The van der Waals surface area contributed by atoms with Gasteiger partial charge in [-0.15, -0.1) is 0 Å². The molecule has 4 N–H and O–H groups in total. The molecule has 0 unspecified atom stereocenters. The predicted molar refractivity (Wildman–Crippen MR) is 78.1 cm³/mol. The maximum atomic E-state index is 13.7. The van der Waals surface area contributed by atoms with Crippen LogP contribution in [0.4, 0.5) is 10.2 Å². The lowest BCUT2D eigenvalue weighted by Gasteiger charge is -2.08. The summed E-state index contributed by atoms with van der Waals surface area (Å²) in [5, 5.41) is 0. The van der Waals surface area contributed by atoms with Crippen molar-refractivity contribution in [1.82, 2.24) is 9.66 Å². The molecule has 1 aliphatic carbocycles. The zero-order valence-electron chi connectivity index (χ0n) is 11.6. The van der Waals surface area contributed by atoms with Crippen LogP contribution in [-0.2, 0) is 0 Å². The van der Waals surface area contributed by atoms with Crippen LogP contribution in [0.1, 0.15) is 43.0 Å². The van der Waals surface area contributed by atoms with Gasteiger partial charge in [-0.2, -0.15) is 0 Å². The van der Waals surface area contributed by atoms with Gasteiger partial charge >= 0.3 is 0 Å². The summed E-state index contributed by atoms with van der Waals surface area (Å²) in [6, 6.07) is 5.02. The lowest BCUT2D eigenvalue weighted by Crippen LogP contribution is -2.17. The van der Waals surface area contributed by atoms with Crippen LogP contribution >= 0.6 is 0 Å². The first kappa shape index (κ1) is 13.0. The highest BCUT2D eigenvalue weighted by molar-refractivity contribution is 5.71. The Balaban J connectivity index is 2.05. The number of benzene rings is 1. The largest absolute Gasteiger partial charge is 0.382 e. The van der Waals surface area contributed by atoms with E-state index >= 15 is 0 Å².